The molecule has 2 N–H and O–H groups in total. The molecule has 5 nitrogen and oxygen atoms in total. The smallest absolute Gasteiger partial charge is 0.262 e. The van der Waals surface area contributed by atoms with Crippen molar-refractivity contribution in [3.8, 4) is 0 Å². The fourth-order valence-corrected chi connectivity index (χ4v) is 4.12. The van der Waals surface area contributed by atoms with E-state index in [1.807, 2.05) is 42.5 Å². The highest BCUT2D eigenvalue weighted by Crippen LogP contribution is 2.21. The van der Waals surface area contributed by atoms with E-state index >= 15 is 0 Å². The van der Waals surface area contributed by atoms with Crippen molar-refractivity contribution in [2.45, 2.75) is 58.5 Å². The van der Waals surface area contributed by atoms with Gasteiger partial charge in [-0.2, -0.15) is 0 Å². The second-order valence-electron chi connectivity index (χ2n) is 8.40. The van der Waals surface area contributed by atoms with Gasteiger partial charge in [0.2, 0.25) is 5.91 Å². The maximum atomic E-state index is 12.7. The van der Waals surface area contributed by atoms with Crippen LogP contribution < -0.4 is 10.9 Å². The summed E-state index contributed by atoms with van der Waals surface area (Å²) in [5.41, 5.74) is 1.85. The first-order chi connectivity index (χ1) is 15.0. The second kappa shape index (κ2) is 11.0. The lowest BCUT2D eigenvalue weighted by Gasteiger charge is -2.21. The molecule has 0 saturated heterocycles. The third-order valence-corrected chi connectivity index (χ3v) is 5.74. The van der Waals surface area contributed by atoms with Crippen LogP contribution in [0.2, 0.25) is 0 Å². The Kier molecular flexibility index (Phi) is 8.18. The Bertz CT molecular complexity index is 1120. The van der Waals surface area contributed by atoms with Crippen LogP contribution in [0.3, 0.4) is 0 Å². The normalized spacial score (nSPS) is 12.2. The van der Waals surface area contributed by atoms with E-state index in [2.05, 4.69) is 36.3 Å². The molecule has 31 heavy (non-hydrogen) atoms. The largest absolute Gasteiger partial charge is 0.349 e. The molecular formula is C25H31N3O2S. The summed E-state index contributed by atoms with van der Waals surface area (Å²) >= 11 is 5.36. The van der Waals surface area contributed by atoms with Gasteiger partial charge in [-0.3, -0.25) is 14.2 Å². The number of H-pyrrole nitrogens is 1. The Morgan fingerprint density at radius 3 is 2.48 bits per heavy atom. The number of hydrogen-bond acceptors (Lipinski definition) is 3. The lowest BCUT2D eigenvalue weighted by Crippen LogP contribution is -2.29. The minimum Gasteiger partial charge on any atom is -0.349 e. The third kappa shape index (κ3) is 6.37. The summed E-state index contributed by atoms with van der Waals surface area (Å²) in [4.78, 5) is 28.3. The average molecular weight is 438 g/mol. The molecule has 3 rings (SSSR count). The van der Waals surface area contributed by atoms with E-state index in [0.717, 1.165) is 36.8 Å². The van der Waals surface area contributed by atoms with Gasteiger partial charge in [0.15, 0.2) is 4.77 Å². The zero-order valence-electron chi connectivity index (χ0n) is 18.3. The van der Waals surface area contributed by atoms with E-state index in [1.165, 1.54) is 0 Å². The van der Waals surface area contributed by atoms with Crippen LogP contribution in [0, 0.1) is 10.7 Å². The van der Waals surface area contributed by atoms with Crippen LogP contribution in [0.25, 0.3) is 10.9 Å². The highest BCUT2D eigenvalue weighted by Gasteiger charge is 2.15. The van der Waals surface area contributed by atoms with E-state index in [4.69, 9.17) is 12.2 Å². The Morgan fingerprint density at radius 2 is 1.74 bits per heavy atom. The maximum absolute atomic E-state index is 12.7. The van der Waals surface area contributed by atoms with Crippen LogP contribution in [-0.2, 0) is 11.3 Å². The van der Waals surface area contributed by atoms with E-state index in [1.54, 1.807) is 4.57 Å². The van der Waals surface area contributed by atoms with Crippen molar-refractivity contribution in [2.24, 2.45) is 5.92 Å². The van der Waals surface area contributed by atoms with Crippen LogP contribution in [0.1, 0.15) is 57.6 Å². The predicted octanol–water partition coefficient (Wildman–Crippen LogP) is 5.52. The van der Waals surface area contributed by atoms with Crippen molar-refractivity contribution in [3.63, 3.8) is 0 Å². The van der Waals surface area contributed by atoms with Crippen molar-refractivity contribution < 1.29 is 4.79 Å². The quantitative estimate of drug-likeness (QED) is 0.324. The lowest BCUT2D eigenvalue weighted by molar-refractivity contribution is -0.122. The Labute approximate surface area is 188 Å². The van der Waals surface area contributed by atoms with Gasteiger partial charge in [0.1, 0.15) is 0 Å². The van der Waals surface area contributed by atoms with Crippen LogP contribution in [0.5, 0.6) is 0 Å². The molecule has 1 aromatic heterocycles. The van der Waals surface area contributed by atoms with Crippen LogP contribution in [0.4, 0.5) is 0 Å². The van der Waals surface area contributed by atoms with E-state index < -0.39 is 0 Å². The van der Waals surface area contributed by atoms with Crippen LogP contribution >= 0.6 is 12.2 Å². The van der Waals surface area contributed by atoms with Gasteiger partial charge in [0, 0.05) is 13.0 Å². The average Bonchev–Trinajstić information content (AvgIpc) is 2.75. The van der Waals surface area contributed by atoms with Crippen molar-refractivity contribution in [1.82, 2.24) is 14.9 Å². The molecule has 0 saturated carbocycles. The molecule has 0 fully saturated rings. The molecule has 1 heterocycles. The topological polar surface area (TPSA) is 66.9 Å². The van der Waals surface area contributed by atoms with Crippen LogP contribution in [-0.4, -0.2) is 15.5 Å². The summed E-state index contributed by atoms with van der Waals surface area (Å²) in [7, 11) is 0. The van der Waals surface area contributed by atoms with Gasteiger partial charge in [0.05, 0.1) is 16.9 Å². The molecule has 6 heteroatoms. The summed E-state index contributed by atoms with van der Waals surface area (Å²) < 4.78 is 2.06. The van der Waals surface area contributed by atoms with Crippen LogP contribution in [0.15, 0.2) is 59.4 Å². The van der Waals surface area contributed by atoms with Gasteiger partial charge in [-0.25, -0.2) is 0 Å². The van der Waals surface area contributed by atoms with E-state index in [9.17, 15) is 9.59 Å². The van der Waals surface area contributed by atoms with E-state index in [0.29, 0.717) is 29.0 Å². The van der Waals surface area contributed by atoms with Gasteiger partial charge in [-0.1, -0.05) is 62.7 Å². The molecule has 1 amide bonds. The number of aromatic amines is 1. The number of rotatable bonds is 10. The molecule has 0 bridgehead atoms. The first kappa shape index (κ1) is 22.9. The van der Waals surface area contributed by atoms with Crippen molar-refractivity contribution in [1.29, 1.82) is 0 Å². The van der Waals surface area contributed by atoms with Gasteiger partial charge in [-0.05, 0) is 55.1 Å². The Hall–Kier alpha value is -2.73. The molecular weight excluding hydrogens is 406 g/mol. The van der Waals surface area contributed by atoms with Gasteiger partial charge >= 0.3 is 0 Å². The van der Waals surface area contributed by atoms with Crippen molar-refractivity contribution in [3.05, 3.63) is 75.3 Å². The van der Waals surface area contributed by atoms with Gasteiger partial charge in [-0.15, -0.1) is 0 Å². The van der Waals surface area contributed by atoms with Crippen molar-refractivity contribution >= 4 is 29.0 Å². The summed E-state index contributed by atoms with van der Waals surface area (Å²) in [6, 6.07) is 17.6. The molecule has 1 unspecified atom stereocenters. The number of carbonyl (C=O) groups is 1. The molecule has 0 spiro atoms. The number of carbonyl (C=O) groups excluding carboxylic acids is 1. The monoisotopic (exact) mass is 437 g/mol. The molecule has 3 aromatic rings. The standard InChI is InChI=1S/C25H31N3O2S/c1-18(2)17-22(19-11-5-3-6-12-19)26-23(29)15-7-4-10-16-28-24(30)20-13-8-9-14-21(20)27-25(28)31/h3,5-6,8-9,11-14,18,22H,4,7,10,15-17H2,1-2H3,(H,26,29)(H,27,31). The fraction of sp³-hybridized carbons (Fsp3) is 0.400. The summed E-state index contributed by atoms with van der Waals surface area (Å²) in [6.07, 6.45) is 3.85. The minimum absolute atomic E-state index is 0.0446. The number of hydrogen-bond donors (Lipinski definition) is 2. The molecule has 164 valence electrons. The number of para-hydroxylation sites is 1. The first-order valence-corrected chi connectivity index (χ1v) is 11.4. The number of benzene rings is 2. The molecule has 2 aromatic carbocycles. The fourth-order valence-electron chi connectivity index (χ4n) is 3.84. The number of fused-ring (bicyclic) bond motifs is 1. The third-order valence-electron chi connectivity index (χ3n) is 5.42. The Morgan fingerprint density at radius 1 is 1.03 bits per heavy atom. The summed E-state index contributed by atoms with van der Waals surface area (Å²) in [5, 5.41) is 3.84. The summed E-state index contributed by atoms with van der Waals surface area (Å²) in [5.74, 6) is 0.574. The highest BCUT2D eigenvalue weighted by molar-refractivity contribution is 7.71. The number of nitrogens with one attached hydrogen (secondary N) is 2. The molecule has 0 aliphatic carbocycles. The molecule has 0 aliphatic heterocycles. The highest BCUT2D eigenvalue weighted by atomic mass is 32.1. The zero-order chi connectivity index (χ0) is 22.2. The van der Waals surface area contributed by atoms with E-state index in [-0.39, 0.29) is 17.5 Å². The zero-order valence-corrected chi connectivity index (χ0v) is 19.1. The summed E-state index contributed by atoms with van der Waals surface area (Å²) in [6.45, 7) is 4.89. The number of unbranched alkanes of at least 4 members (excludes halogenated alkanes) is 2. The maximum Gasteiger partial charge on any atom is 0.262 e. The SMILES string of the molecule is CC(C)CC(NC(=O)CCCCCn1c(=S)[nH]c2ccccc2c1=O)c1ccccc1. The van der Waals surface area contributed by atoms with Crippen molar-refractivity contribution in [2.75, 3.05) is 0 Å². The lowest BCUT2D eigenvalue weighted by atomic mass is 9.97. The van der Waals surface area contributed by atoms with Gasteiger partial charge < -0.3 is 10.3 Å². The van der Waals surface area contributed by atoms with Gasteiger partial charge in [0.25, 0.3) is 5.56 Å². The number of aromatic nitrogens is 2. The minimum atomic E-state index is -0.0588. The first-order valence-electron chi connectivity index (χ1n) is 11.0. The second-order valence-corrected chi connectivity index (χ2v) is 8.79. The molecule has 0 aliphatic rings. The number of nitrogens with zero attached hydrogens (tertiary/aromatic N) is 1. The molecule has 1 atom stereocenters. The Balaban J connectivity index is 1.49. The predicted molar refractivity (Wildman–Crippen MR) is 129 cm³/mol. The molecule has 0 radical (unpaired) electrons. The number of amides is 1.